The van der Waals surface area contributed by atoms with Crippen LogP contribution in [0.2, 0.25) is 0 Å². The Balaban J connectivity index is 2.19. The lowest BCUT2D eigenvalue weighted by Gasteiger charge is -2.37. The van der Waals surface area contributed by atoms with Gasteiger partial charge in [-0.05, 0) is 82.4 Å². The van der Waals surface area contributed by atoms with E-state index < -0.39 is 0 Å². The highest BCUT2D eigenvalue weighted by Crippen LogP contribution is 2.28. The highest BCUT2D eigenvalue weighted by molar-refractivity contribution is 14.1. The molecule has 0 unspecified atom stereocenters. The Hall–Kier alpha value is -0.140. The summed E-state index contributed by atoms with van der Waals surface area (Å²) >= 11 is 5.67. The van der Waals surface area contributed by atoms with Gasteiger partial charge in [0.25, 0.3) is 5.91 Å². The van der Waals surface area contributed by atoms with Gasteiger partial charge in [0.05, 0.1) is 5.56 Å². The minimum absolute atomic E-state index is 0.0727. The molecule has 0 atom stereocenters. The number of hydrogen-bond acceptors (Lipinski definition) is 2. The first kappa shape index (κ1) is 15.3. The predicted octanol–water partition coefficient (Wildman–Crippen LogP) is 3.43. The maximum Gasteiger partial charge on any atom is 0.255 e. The van der Waals surface area contributed by atoms with Crippen molar-refractivity contribution in [1.82, 2.24) is 4.90 Å². The second-order valence-electron chi connectivity index (χ2n) is 4.78. The van der Waals surface area contributed by atoms with E-state index in [2.05, 4.69) is 38.5 Å². The SMILES string of the molecule is O=C(c1cc(I)ccc1Br)N(CCCO)C1CCC1. The fraction of sp³-hybridized carbons (Fsp3) is 0.500. The molecule has 0 bridgehead atoms. The number of hydrogen-bond donors (Lipinski definition) is 1. The molecule has 1 amide bonds. The van der Waals surface area contributed by atoms with Crippen molar-refractivity contribution < 1.29 is 9.90 Å². The molecule has 1 aliphatic rings. The van der Waals surface area contributed by atoms with E-state index in [0.717, 1.165) is 26.4 Å². The quantitative estimate of drug-likeness (QED) is 0.717. The standard InChI is InChI=1S/C14H17BrINO2/c15-13-6-5-10(16)9-12(13)14(19)17(7-2-8-18)11-3-1-4-11/h5-6,9,11,18H,1-4,7-8H2. The monoisotopic (exact) mass is 437 g/mol. The molecule has 0 aromatic heterocycles. The zero-order valence-corrected chi connectivity index (χ0v) is 14.4. The van der Waals surface area contributed by atoms with Gasteiger partial charge in [-0.15, -0.1) is 0 Å². The molecule has 1 saturated carbocycles. The van der Waals surface area contributed by atoms with E-state index in [-0.39, 0.29) is 12.5 Å². The van der Waals surface area contributed by atoms with Crippen molar-refractivity contribution >= 4 is 44.4 Å². The lowest BCUT2D eigenvalue weighted by atomic mass is 9.90. The second kappa shape index (κ2) is 7.04. The van der Waals surface area contributed by atoms with Crippen LogP contribution in [0.3, 0.4) is 0 Å². The summed E-state index contributed by atoms with van der Waals surface area (Å²) in [5.41, 5.74) is 0.719. The molecule has 0 heterocycles. The van der Waals surface area contributed by atoms with E-state index >= 15 is 0 Å². The molecule has 3 nitrogen and oxygen atoms in total. The summed E-state index contributed by atoms with van der Waals surface area (Å²) in [4.78, 5) is 14.6. The van der Waals surface area contributed by atoms with E-state index in [1.807, 2.05) is 23.1 Å². The molecule has 1 aromatic carbocycles. The summed E-state index contributed by atoms with van der Waals surface area (Å²) in [6.07, 6.45) is 4.00. The van der Waals surface area contributed by atoms with Crippen LogP contribution in [-0.4, -0.2) is 35.1 Å². The Bertz CT molecular complexity index is 463. The molecular formula is C14H17BrINO2. The molecule has 0 aliphatic heterocycles. The van der Waals surface area contributed by atoms with Crippen molar-refractivity contribution in [1.29, 1.82) is 0 Å². The van der Waals surface area contributed by atoms with E-state index in [1.54, 1.807) is 0 Å². The highest BCUT2D eigenvalue weighted by atomic mass is 127. The van der Waals surface area contributed by atoms with Crippen LogP contribution >= 0.6 is 38.5 Å². The minimum atomic E-state index is 0.0727. The van der Waals surface area contributed by atoms with Crippen molar-refractivity contribution in [3.63, 3.8) is 0 Å². The number of aliphatic hydroxyl groups is 1. The molecule has 0 radical (unpaired) electrons. The first-order chi connectivity index (χ1) is 9.13. The van der Waals surface area contributed by atoms with Gasteiger partial charge in [0, 0.05) is 27.2 Å². The maximum atomic E-state index is 12.7. The third-order valence-electron chi connectivity index (χ3n) is 3.49. The fourth-order valence-electron chi connectivity index (χ4n) is 2.21. The van der Waals surface area contributed by atoms with Crippen molar-refractivity contribution in [2.75, 3.05) is 13.2 Å². The first-order valence-electron chi connectivity index (χ1n) is 6.50. The Morgan fingerprint density at radius 2 is 2.21 bits per heavy atom. The van der Waals surface area contributed by atoms with Gasteiger partial charge in [-0.2, -0.15) is 0 Å². The fourth-order valence-corrected chi connectivity index (χ4v) is 3.11. The number of rotatable bonds is 5. The van der Waals surface area contributed by atoms with Crippen LogP contribution in [0.5, 0.6) is 0 Å². The minimum Gasteiger partial charge on any atom is -0.396 e. The zero-order valence-electron chi connectivity index (χ0n) is 10.6. The molecule has 2 rings (SSSR count). The number of benzene rings is 1. The third kappa shape index (κ3) is 3.70. The van der Waals surface area contributed by atoms with Crippen LogP contribution < -0.4 is 0 Å². The van der Waals surface area contributed by atoms with Crippen molar-refractivity contribution in [3.05, 3.63) is 31.8 Å². The molecule has 1 aliphatic carbocycles. The van der Waals surface area contributed by atoms with Crippen molar-refractivity contribution in [3.8, 4) is 0 Å². The Labute approximate surface area is 135 Å². The summed E-state index contributed by atoms with van der Waals surface area (Å²) in [7, 11) is 0. The van der Waals surface area contributed by atoms with Gasteiger partial charge in [-0.25, -0.2) is 0 Å². The number of carbonyl (C=O) groups excluding carboxylic acids is 1. The van der Waals surface area contributed by atoms with Gasteiger partial charge in [-0.1, -0.05) is 0 Å². The normalized spacial score (nSPS) is 15.1. The zero-order chi connectivity index (χ0) is 13.8. The molecule has 0 saturated heterocycles. The van der Waals surface area contributed by atoms with E-state index in [9.17, 15) is 4.79 Å². The lowest BCUT2D eigenvalue weighted by molar-refractivity contribution is 0.0561. The maximum absolute atomic E-state index is 12.7. The first-order valence-corrected chi connectivity index (χ1v) is 8.37. The van der Waals surface area contributed by atoms with Gasteiger partial charge < -0.3 is 10.0 Å². The van der Waals surface area contributed by atoms with Crippen LogP contribution in [-0.2, 0) is 0 Å². The molecule has 1 fully saturated rings. The predicted molar refractivity (Wildman–Crippen MR) is 87.2 cm³/mol. The van der Waals surface area contributed by atoms with Gasteiger partial charge in [-0.3, -0.25) is 4.79 Å². The Kier molecular flexibility index (Phi) is 5.65. The molecule has 0 spiro atoms. The van der Waals surface area contributed by atoms with Crippen LogP contribution in [0.1, 0.15) is 36.0 Å². The largest absolute Gasteiger partial charge is 0.396 e. The van der Waals surface area contributed by atoms with Crippen LogP contribution in [0.15, 0.2) is 22.7 Å². The van der Waals surface area contributed by atoms with Gasteiger partial charge in [0.15, 0.2) is 0 Å². The third-order valence-corrected chi connectivity index (χ3v) is 4.85. The Morgan fingerprint density at radius 1 is 1.47 bits per heavy atom. The topological polar surface area (TPSA) is 40.5 Å². The smallest absolute Gasteiger partial charge is 0.255 e. The van der Waals surface area contributed by atoms with Crippen LogP contribution in [0.25, 0.3) is 0 Å². The average Bonchev–Trinajstić information content (AvgIpc) is 2.34. The van der Waals surface area contributed by atoms with Crippen LogP contribution in [0, 0.1) is 3.57 Å². The second-order valence-corrected chi connectivity index (χ2v) is 6.88. The number of halogens is 2. The molecule has 19 heavy (non-hydrogen) atoms. The summed E-state index contributed by atoms with van der Waals surface area (Å²) in [5.74, 6) is 0.0727. The summed E-state index contributed by atoms with van der Waals surface area (Å²) < 4.78 is 1.89. The van der Waals surface area contributed by atoms with Crippen molar-refractivity contribution in [2.45, 2.75) is 31.7 Å². The number of nitrogens with zero attached hydrogens (tertiary/aromatic N) is 1. The van der Waals surface area contributed by atoms with E-state index in [4.69, 9.17) is 5.11 Å². The van der Waals surface area contributed by atoms with Gasteiger partial charge in [0.2, 0.25) is 0 Å². The number of aliphatic hydroxyl groups excluding tert-OH is 1. The average molecular weight is 438 g/mol. The molecule has 1 aromatic rings. The van der Waals surface area contributed by atoms with E-state index in [1.165, 1.54) is 6.42 Å². The number of carbonyl (C=O) groups is 1. The molecule has 5 heteroatoms. The summed E-state index contributed by atoms with van der Waals surface area (Å²) in [6, 6.07) is 6.16. The lowest BCUT2D eigenvalue weighted by Crippen LogP contribution is -2.45. The Morgan fingerprint density at radius 3 is 2.79 bits per heavy atom. The number of amides is 1. The van der Waals surface area contributed by atoms with Crippen molar-refractivity contribution in [2.24, 2.45) is 0 Å². The van der Waals surface area contributed by atoms with Crippen LogP contribution in [0.4, 0.5) is 0 Å². The van der Waals surface area contributed by atoms with Gasteiger partial charge >= 0.3 is 0 Å². The molecular weight excluding hydrogens is 421 g/mol. The molecule has 104 valence electrons. The molecule has 1 N–H and O–H groups in total. The summed E-state index contributed by atoms with van der Waals surface area (Å²) in [6.45, 7) is 0.766. The summed E-state index contributed by atoms with van der Waals surface area (Å²) in [5, 5.41) is 8.99. The highest BCUT2D eigenvalue weighted by Gasteiger charge is 2.29. The van der Waals surface area contributed by atoms with E-state index in [0.29, 0.717) is 19.0 Å². The van der Waals surface area contributed by atoms with Gasteiger partial charge in [0.1, 0.15) is 0 Å².